The molecule has 2 heteroatoms. The van der Waals surface area contributed by atoms with Crippen LogP contribution in [0.15, 0.2) is 0 Å². The largest absolute Gasteiger partial charge is 0.327 e. The molecule has 1 aliphatic rings. The Morgan fingerprint density at radius 1 is 1.24 bits per heavy atom. The lowest BCUT2D eigenvalue weighted by molar-refractivity contribution is 0.184. The third-order valence-corrected chi connectivity index (χ3v) is 4.52. The molecule has 0 heterocycles. The van der Waals surface area contributed by atoms with E-state index in [2.05, 4.69) is 25.7 Å². The maximum Gasteiger partial charge on any atom is 0.00676 e. The summed E-state index contributed by atoms with van der Waals surface area (Å²) in [6.45, 7) is 9.47. The Balaban J connectivity index is 2.31. The Bertz CT molecular complexity index is 193. The number of rotatable bonds is 8. The summed E-state index contributed by atoms with van der Waals surface area (Å²) in [6.07, 6.45) is 9.18. The van der Waals surface area contributed by atoms with Crippen LogP contribution in [0.2, 0.25) is 0 Å². The lowest BCUT2D eigenvalue weighted by Gasteiger charge is -2.30. The Labute approximate surface area is 108 Å². The molecule has 1 aliphatic carbocycles. The van der Waals surface area contributed by atoms with E-state index in [1.54, 1.807) is 0 Å². The molecule has 0 spiro atoms. The van der Waals surface area contributed by atoms with Crippen LogP contribution in [-0.2, 0) is 0 Å². The van der Waals surface area contributed by atoms with E-state index in [-0.39, 0.29) is 0 Å². The highest BCUT2D eigenvalue weighted by Crippen LogP contribution is 2.27. The van der Waals surface area contributed by atoms with Gasteiger partial charge in [0.2, 0.25) is 0 Å². The third kappa shape index (κ3) is 4.97. The van der Waals surface area contributed by atoms with Crippen molar-refractivity contribution in [2.45, 2.75) is 77.8 Å². The molecule has 0 aromatic carbocycles. The summed E-state index contributed by atoms with van der Waals surface area (Å²) in [4.78, 5) is 2.68. The predicted molar refractivity (Wildman–Crippen MR) is 76.2 cm³/mol. The van der Waals surface area contributed by atoms with Gasteiger partial charge < -0.3 is 10.6 Å². The first-order valence-corrected chi connectivity index (χ1v) is 7.68. The van der Waals surface area contributed by atoms with Crippen molar-refractivity contribution in [2.24, 2.45) is 11.7 Å². The molecule has 2 N–H and O–H groups in total. The number of hydrogen-bond donors (Lipinski definition) is 1. The van der Waals surface area contributed by atoms with Gasteiger partial charge in [0.05, 0.1) is 0 Å². The molecule has 3 atom stereocenters. The fourth-order valence-corrected chi connectivity index (χ4v) is 2.93. The maximum absolute atomic E-state index is 6.16. The Morgan fingerprint density at radius 2 is 2.00 bits per heavy atom. The topological polar surface area (TPSA) is 29.3 Å². The van der Waals surface area contributed by atoms with Crippen LogP contribution in [0.3, 0.4) is 0 Å². The summed E-state index contributed by atoms with van der Waals surface area (Å²) in [5, 5.41) is 0. The van der Waals surface area contributed by atoms with Gasteiger partial charge in [0.25, 0.3) is 0 Å². The predicted octanol–water partition coefficient (Wildman–Crippen LogP) is 3.40. The van der Waals surface area contributed by atoms with Crippen molar-refractivity contribution in [2.75, 3.05) is 13.1 Å². The summed E-state index contributed by atoms with van der Waals surface area (Å²) >= 11 is 0. The Morgan fingerprint density at radius 3 is 2.53 bits per heavy atom. The molecule has 2 nitrogen and oxygen atoms in total. The number of hydrogen-bond acceptors (Lipinski definition) is 2. The molecule has 0 bridgehead atoms. The second-order valence-corrected chi connectivity index (χ2v) is 5.79. The van der Waals surface area contributed by atoms with Crippen molar-refractivity contribution >= 4 is 0 Å². The van der Waals surface area contributed by atoms with Crippen LogP contribution in [-0.4, -0.2) is 30.1 Å². The monoisotopic (exact) mass is 240 g/mol. The second kappa shape index (κ2) is 8.10. The zero-order chi connectivity index (χ0) is 12.7. The van der Waals surface area contributed by atoms with E-state index in [0.717, 1.165) is 12.0 Å². The molecule has 0 saturated heterocycles. The molecule has 1 rings (SSSR count). The van der Waals surface area contributed by atoms with Gasteiger partial charge in [-0.1, -0.05) is 26.7 Å². The fraction of sp³-hybridized carbons (Fsp3) is 1.00. The van der Waals surface area contributed by atoms with Gasteiger partial charge in [0, 0.05) is 12.1 Å². The van der Waals surface area contributed by atoms with E-state index in [1.165, 1.54) is 58.0 Å². The van der Waals surface area contributed by atoms with Crippen LogP contribution in [0, 0.1) is 5.92 Å². The molecule has 0 radical (unpaired) electrons. The zero-order valence-electron chi connectivity index (χ0n) is 12.1. The second-order valence-electron chi connectivity index (χ2n) is 5.79. The van der Waals surface area contributed by atoms with E-state index in [1.807, 2.05) is 0 Å². The summed E-state index contributed by atoms with van der Waals surface area (Å²) < 4.78 is 0. The highest BCUT2D eigenvalue weighted by molar-refractivity contribution is 4.81. The molecule has 1 fully saturated rings. The van der Waals surface area contributed by atoms with Gasteiger partial charge in [-0.25, -0.2) is 0 Å². The van der Waals surface area contributed by atoms with Crippen molar-refractivity contribution in [3.05, 3.63) is 0 Å². The fourth-order valence-electron chi connectivity index (χ4n) is 2.93. The van der Waals surface area contributed by atoms with Crippen molar-refractivity contribution < 1.29 is 0 Å². The van der Waals surface area contributed by atoms with Crippen LogP contribution < -0.4 is 5.73 Å². The van der Waals surface area contributed by atoms with Crippen LogP contribution in [0.1, 0.15) is 65.7 Å². The summed E-state index contributed by atoms with van der Waals surface area (Å²) in [5.41, 5.74) is 6.16. The van der Waals surface area contributed by atoms with Gasteiger partial charge in [-0.05, 0) is 58.0 Å². The first-order valence-electron chi connectivity index (χ1n) is 7.68. The average molecular weight is 240 g/mol. The highest BCUT2D eigenvalue weighted by atomic mass is 15.1. The first-order chi connectivity index (χ1) is 8.19. The smallest absolute Gasteiger partial charge is 0.00676 e. The van der Waals surface area contributed by atoms with Gasteiger partial charge in [-0.3, -0.25) is 0 Å². The Hall–Kier alpha value is -0.0800. The zero-order valence-corrected chi connectivity index (χ0v) is 12.1. The minimum Gasteiger partial charge on any atom is -0.327 e. The van der Waals surface area contributed by atoms with Gasteiger partial charge >= 0.3 is 0 Å². The molecular formula is C15H32N2. The maximum atomic E-state index is 6.16. The molecule has 3 unspecified atom stereocenters. The van der Waals surface area contributed by atoms with E-state index in [9.17, 15) is 0 Å². The van der Waals surface area contributed by atoms with Crippen molar-refractivity contribution in [3.8, 4) is 0 Å². The molecule has 0 aliphatic heterocycles. The van der Waals surface area contributed by atoms with Crippen LogP contribution in [0.25, 0.3) is 0 Å². The summed E-state index contributed by atoms with van der Waals surface area (Å²) in [7, 11) is 0. The quantitative estimate of drug-likeness (QED) is 0.704. The SMILES string of the molecule is CCCCN(CCC1CCCC1N)C(C)CC. The average Bonchev–Trinajstić information content (AvgIpc) is 2.74. The van der Waals surface area contributed by atoms with E-state index in [4.69, 9.17) is 5.73 Å². The van der Waals surface area contributed by atoms with Crippen LogP contribution >= 0.6 is 0 Å². The molecule has 0 aromatic heterocycles. The number of nitrogens with zero attached hydrogens (tertiary/aromatic N) is 1. The molecule has 1 saturated carbocycles. The molecule has 102 valence electrons. The van der Waals surface area contributed by atoms with Crippen molar-refractivity contribution in [1.29, 1.82) is 0 Å². The van der Waals surface area contributed by atoms with Gasteiger partial charge in [0.15, 0.2) is 0 Å². The van der Waals surface area contributed by atoms with Crippen molar-refractivity contribution in [1.82, 2.24) is 4.90 Å². The van der Waals surface area contributed by atoms with Gasteiger partial charge in [0.1, 0.15) is 0 Å². The summed E-state index contributed by atoms with van der Waals surface area (Å²) in [6, 6.07) is 1.22. The van der Waals surface area contributed by atoms with E-state index in [0.29, 0.717) is 6.04 Å². The van der Waals surface area contributed by atoms with Crippen LogP contribution in [0.4, 0.5) is 0 Å². The minimum absolute atomic E-state index is 0.486. The summed E-state index contributed by atoms with van der Waals surface area (Å²) in [5.74, 6) is 0.795. The van der Waals surface area contributed by atoms with Gasteiger partial charge in [-0.15, -0.1) is 0 Å². The highest BCUT2D eigenvalue weighted by Gasteiger charge is 2.24. The standard InChI is InChI=1S/C15H32N2/c1-4-6-11-17(13(3)5-2)12-10-14-8-7-9-15(14)16/h13-15H,4-12,16H2,1-3H3. The molecule has 17 heavy (non-hydrogen) atoms. The van der Waals surface area contributed by atoms with E-state index >= 15 is 0 Å². The van der Waals surface area contributed by atoms with Crippen molar-refractivity contribution in [3.63, 3.8) is 0 Å². The third-order valence-electron chi connectivity index (χ3n) is 4.52. The number of unbranched alkanes of at least 4 members (excludes halogenated alkanes) is 1. The first kappa shape index (κ1) is 15.0. The molecular weight excluding hydrogens is 208 g/mol. The Kier molecular flexibility index (Phi) is 7.14. The lowest BCUT2D eigenvalue weighted by atomic mass is 9.99. The number of nitrogens with two attached hydrogens (primary N) is 1. The van der Waals surface area contributed by atoms with Crippen LogP contribution in [0.5, 0.6) is 0 Å². The van der Waals surface area contributed by atoms with E-state index < -0.39 is 0 Å². The lowest BCUT2D eigenvalue weighted by Crippen LogP contribution is -2.36. The normalized spacial score (nSPS) is 26.6. The minimum atomic E-state index is 0.486. The molecule has 0 amide bonds. The molecule has 0 aromatic rings. The van der Waals surface area contributed by atoms with Gasteiger partial charge in [-0.2, -0.15) is 0 Å².